The van der Waals surface area contributed by atoms with Crippen LogP contribution in [0.5, 0.6) is 0 Å². The fourth-order valence-corrected chi connectivity index (χ4v) is 5.99. The van der Waals surface area contributed by atoms with Crippen molar-refractivity contribution in [1.29, 1.82) is 0 Å². The zero-order valence-corrected chi connectivity index (χ0v) is 19.3. The van der Waals surface area contributed by atoms with E-state index in [1.807, 2.05) is 0 Å². The molecule has 6 aromatic rings. The Labute approximate surface area is 199 Å². The van der Waals surface area contributed by atoms with E-state index in [1.54, 1.807) is 0 Å². The minimum absolute atomic E-state index is 0.0461. The summed E-state index contributed by atoms with van der Waals surface area (Å²) in [6.45, 7) is 4.70. The smallest absolute Gasteiger partial charge is 0.0620 e. The van der Waals surface area contributed by atoms with Gasteiger partial charge in [0.1, 0.15) is 0 Å². The first-order chi connectivity index (χ1) is 16.6. The molecule has 1 aliphatic rings. The third kappa shape index (κ3) is 2.55. The normalized spacial score (nSPS) is 13.8. The number of aromatic nitrogens is 1. The van der Waals surface area contributed by atoms with E-state index in [-0.39, 0.29) is 5.41 Å². The molecule has 7 rings (SSSR count). The third-order valence-electron chi connectivity index (χ3n) is 7.48. The average molecular weight is 435 g/mol. The van der Waals surface area contributed by atoms with Crippen LogP contribution in [0, 0.1) is 6.07 Å². The molecule has 1 radical (unpaired) electrons. The molecule has 34 heavy (non-hydrogen) atoms. The molecule has 1 aliphatic carbocycles. The molecule has 1 heteroatoms. The summed E-state index contributed by atoms with van der Waals surface area (Å²) in [5.74, 6) is 0. The van der Waals surface area contributed by atoms with Crippen LogP contribution in [0.25, 0.3) is 49.7 Å². The molecule has 0 saturated carbocycles. The van der Waals surface area contributed by atoms with Crippen molar-refractivity contribution >= 4 is 21.8 Å². The number of hydrogen-bond acceptors (Lipinski definition) is 0. The minimum atomic E-state index is -0.0461. The van der Waals surface area contributed by atoms with Gasteiger partial charge in [-0.05, 0) is 63.7 Å². The largest absolute Gasteiger partial charge is 0.309 e. The molecule has 1 aromatic heterocycles. The molecule has 0 bridgehead atoms. The number of para-hydroxylation sites is 2. The molecule has 0 amide bonds. The van der Waals surface area contributed by atoms with E-state index in [0.717, 1.165) is 11.2 Å². The zero-order valence-electron chi connectivity index (χ0n) is 19.3. The van der Waals surface area contributed by atoms with Crippen molar-refractivity contribution in [2.75, 3.05) is 0 Å². The first-order valence-corrected chi connectivity index (χ1v) is 11.9. The van der Waals surface area contributed by atoms with Gasteiger partial charge in [0.2, 0.25) is 0 Å². The summed E-state index contributed by atoms with van der Waals surface area (Å²) in [7, 11) is 0. The van der Waals surface area contributed by atoms with Gasteiger partial charge in [-0.2, -0.15) is 0 Å². The summed E-state index contributed by atoms with van der Waals surface area (Å²) < 4.78 is 2.32. The summed E-state index contributed by atoms with van der Waals surface area (Å²) >= 11 is 0. The van der Waals surface area contributed by atoms with Gasteiger partial charge in [-0.3, -0.25) is 0 Å². The molecule has 0 unspecified atom stereocenters. The maximum atomic E-state index is 3.68. The van der Waals surface area contributed by atoms with Crippen molar-refractivity contribution in [3.05, 3.63) is 126 Å². The number of fused-ring (bicyclic) bond motifs is 6. The summed E-state index contributed by atoms with van der Waals surface area (Å²) in [6.07, 6.45) is 0. The highest BCUT2D eigenvalue weighted by atomic mass is 15.0. The van der Waals surface area contributed by atoms with Gasteiger partial charge in [0.15, 0.2) is 0 Å². The van der Waals surface area contributed by atoms with Crippen LogP contribution in [0.1, 0.15) is 25.0 Å². The number of rotatable bonds is 2. The second-order valence-corrected chi connectivity index (χ2v) is 9.74. The predicted octanol–water partition coefficient (Wildman–Crippen LogP) is 8.56. The molecule has 0 fully saturated rings. The van der Waals surface area contributed by atoms with Gasteiger partial charge >= 0.3 is 0 Å². The van der Waals surface area contributed by atoms with Gasteiger partial charge in [0.25, 0.3) is 0 Å². The summed E-state index contributed by atoms with van der Waals surface area (Å²) in [5.41, 5.74) is 11.5. The second-order valence-electron chi connectivity index (χ2n) is 9.74. The number of benzene rings is 5. The molecule has 1 heterocycles. The lowest BCUT2D eigenvalue weighted by atomic mass is 9.79. The molecular weight excluding hydrogens is 410 g/mol. The Morgan fingerprint density at radius 2 is 1.35 bits per heavy atom. The Balaban J connectivity index is 1.51. The lowest BCUT2D eigenvalue weighted by Crippen LogP contribution is -2.16. The lowest BCUT2D eigenvalue weighted by molar-refractivity contribution is 0.662. The lowest BCUT2D eigenvalue weighted by Gasteiger charge is -2.24. The first kappa shape index (κ1) is 19.4. The molecular formula is C33H24N. The van der Waals surface area contributed by atoms with Crippen LogP contribution >= 0.6 is 0 Å². The van der Waals surface area contributed by atoms with Crippen molar-refractivity contribution in [3.8, 4) is 27.9 Å². The monoisotopic (exact) mass is 434 g/mol. The molecule has 161 valence electrons. The Kier molecular flexibility index (Phi) is 3.96. The summed E-state index contributed by atoms with van der Waals surface area (Å²) in [6, 6.07) is 43.1. The third-order valence-corrected chi connectivity index (χ3v) is 7.48. The quantitative estimate of drug-likeness (QED) is 0.257. The van der Waals surface area contributed by atoms with Gasteiger partial charge in [-0.1, -0.05) is 92.7 Å². The van der Waals surface area contributed by atoms with Gasteiger partial charge in [0, 0.05) is 27.9 Å². The fraction of sp³-hybridized carbons (Fsp3) is 0.0909. The van der Waals surface area contributed by atoms with Crippen LogP contribution in [0.15, 0.2) is 109 Å². The van der Waals surface area contributed by atoms with Gasteiger partial charge in [0.05, 0.1) is 11.0 Å². The Hall–Kier alpha value is -4.10. The first-order valence-electron chi connectivity index (χ1n) is 11.9. The van der Waals surface area contributed by atoms with E-state index in [4.69, 9.17) is 0 Å². The second kappa shape index (κ2) is 6.95. The van der Waals surface area contributed by atoms with Crippen LogP contribution in [-0.4, -0.2) is 4.57 Å². The standard InChI is InChI=1S/C33H24N/c1-33(2)29-17-8-6-13-25(29)27-16-10-15-24(32(27)33)22-19-20-31-28(21-22)26-14-7-9-18-30(26)34(31)23-11-4-3-5-12-23/h3-19,21H,1-2H3. The molecule has 5 aromatic carbocycles. The maximum Gasteiger partial charge on any atom is 0.0620 e. The van der Waals surface area contributed by atoms with E-state index in [2.05, 4.69) is 134 Å². The van der Waals surface area contributed by atoms with Gasteiger partial charge in [-0.25, -0.2) is 0 Å². The van der Waals surface area contributed by atoms with Crippen LogP contribution in [0.4, 0.5) is 0 Å². The van der Waals surface area contributed by atoms with E-state index in [0.29, 0.717) is 0 Å². The van der Waals surface area contributed by atoms with Crippen LogP contribution in [0.3, 0.4) is 0 Å². The van der Waals surface area contributed by atoms with E-state index in [1.165, 1.54) is 49.7 Å². The van der Waals surface area contributed by atoms with Crippen molar-refractivity contribution in [2.24, 2.45) is 0 Å². The Bertz CT molecular complexity index is 1720. The molecule has 1 nitrogen and oxygen atoms in total. The van der Waals surface area contributed by atoms with Crippen LogP contribution in [0.2, 0.25) is 0 Å². The van der Waals surface area contributed by atoms with Crippen molar-refractivity contribution in [2.45, 2.75) is 19.3 Å². The topological polar surface area (TPSA) is 4.93 Å². The average Bonchev–Trinajstić information content (AvgIpc) is 3.34. The minimum Gasteiger partial charge on any atom is -0.309 e. The van der Waals surface area contributed by atoms with E-state index < -0.39 is 0 Å². The van der Waals surface area contributed by atoms with E-state index >= 15 is 0 Å². The highest BCUT2D eigenvalue weighted by Crippen LogP contribution is 2.52. The van der Waals surface area contributed by atoms with Crippen molar-refractivity contribution < 1.29 is 0 Å². The summed E-state index contributed by atoms with van der Waals surface area (Å²) in [5, 5.41) is 2.50. The molecule has 0 aliphatic heterocycles. The van der Waals surface area contributed by atoms with Crippen LogP contribution in [-0.2, 0) is 5.41 Å². The molecule has 0 atom stereocenters. The fourth-order valence-electron chi connectivity index (χ4n) is 5.99. The van der Waals surface area contributed by atoms with Crippen LogP contribution < -0.4 is 0 Å². The van der Waals surface area contributed by atoms with Gasteiger partial charge in [-0.15, -0.1) is 0 Å². The zero-order chi connectivity index (χ0) is 22.9. The highest BCUT2D eigenvalue weighted by Gasteiger charge is 2.37. The Morgan fingerprint density at radius 1 is 0.647 bits per heavy atom. The van der Waals surface area contributed by atoms with Crippen molar-refractivity contribution in [1.82, 2.24) is 4.57 Å². The maximum absolute atomic E-state index is 3.68. The van der Waals surface area contributed by atoms with Gasteiger partial charge < -0.3 is 4.57 Å². The number of hydrogen-bond donors (Lipinski definition) is 0. The highest BCUT2D eigenvalue weighted by molar-refractivity contribution is 6.10. The van der Waals surface area contributed by atoms with E-state index in [9.17, 15) is 0 Å². The molecule has 0 saturated heterocycles. The predicted molar refractivity (Wildman–Crippen MR) is 143 cm³/mol. The van der Waals surface area contributed by atoms with Crippen molar-refractivity contribution in [3.63, 3.8) is 0 Å². The number of nitrogens with zero attached hydrogens (tertiary/aromatic N) is 1. The summed E-state index contributed by atoms with van der Waals surface area (Å²) in [4.78, 5) is 0. The SMILES string of the molecule is CC1(C)c2ccccc2-c2cccc(-c3c[c]c4c(c3)c3ccccc3n4-c3ccccc3)c21. The molecule has 0 spiro atoms. The molecule has 0 N–H and O–H groups in total. The Morgan fingerprint density at radius 3 is 2.24 bits per heavy atom.